The molecule has 2 rings (SSSR count). The molecule has 1 atom stereocenters. The van der Waals surface area contributed by atoms with E-state index in [-0.39, 0.29) is 6.04 Å². The van der Waals surface area contributed by atoms with Crippen LogP contribution in [0.15, 0.2) is 51.6 Å². The zero-order chi connectivity index (χ0) is 10.7. The second-order valence-corrected chi connectivity index (χ2v) is 4.31. The van der Waals surface area contributed by atoms with Crippen molar-refractivity contribution >= 4 is 21.6 Å². The Bertz CT molecular complexity index is 425. The van der Waals surface area contributed by atoms with Gasteiger partial charge in [-0.25, -0.2) is 0 Å². The number of furan rings is 1. The molecule has 0 fully saturated rings. The average Bonchev–Trinajstić information content (AvgIpc) is 2.70. The maximum atomic E-state index is 5.32. The first-order chi connectivity index (χ1) is 7.25. The third kappa shape index (κ3) is 2.63. The molecule has 1 aromatic heterocycles. The predicted octanol–water partition coefficient (Wildman–Crippen LogP) is 4.22. The topological polar surface area (TPSA) is 25.2 Å². The molecule has 2 nitrogen and oxygen atoms in total. The molecule has 2 aromatic rings. The Hall–Kier alpha value is -1.22. The van der Waals surface area contributed by atoms with Crippen molar-refractivity contribution in [3.8, 4) is 0 Å². The fourth-order valence-electron chi connectivity index (χ4n) is 1.44. The third-order valence-electron chi connectivity index (χ3n) is 2.18. The normalized spacial score (nSPS) is 12.4. The van der Waals surface area contributed by atoms with Crippen molar-refractivity contribution in [2.45, 2.75) is 13.0 Å². The predicted molar refractivity (Wildman–Crippen MR) is 64.9 cm³/mol. The lowest BCUT2D eigenvalue weighted by molar-refractivity contribution is 0.490. The lowest BCUT2D eigenvalue weighted by atomic mass is 10.2. The molecule has 78 valence electrons. The van der Waals surface area contributed by atoms with E-state index >= 15 is 0 Å². The highest BCUT2D eigenvalue weighted by molar-refractivity contribution is 9.10. The molecule has 0 aliphatic carbocycles. The minimum Gasteiger partial charge on any atom is -0.467 e. The van der Waals surface area contributed by atoms with E-state index in [1.54, 1.807) is 6.26 Å². The van der Waals surface area contributed by atoms with Crippen molar-refractivity contribution in [3.05, 3.63) is 52.9 Å². The van der Waals surface area contributed by atoms with E-state index in [0.717, 1.165) is 15.9 Å². The van der Waals surface area contributed by atoms with E-state index in [4.69, 9.17) is 4.42 Å². The van der Waals surface area contributed by atoms with Gasteiger partial charge in [-0.3, -0.25) is 0 Å². The quantitative estimate of drug-likeness (QED) is 0.899. The van der Waals surface area contributed by atoms with Crippen LogP contribution in [0.25, 0.3) is 0 Å². The number of halogens is 1. The maximum Gasteiger partial charge on any atom is 0.125 e. The van der Waals surface area contributed by atoms with Crippen molar-refractivity contribution in [1.29, 1.82) is 0 Å². The lowest BCUT2D eigenvalue weighted by Gasteiger charge is -2.12. The van der Waals surface area contributed by atoms with Crippen LogP contribution < -0.4 is 5.32 Å². The fourth-order valence-corrected chi connectivity index (χ4v) is 1.84. The largest absolute Gasteiger partial charge is 0.467 e. The van der Waals surface area contributed by atoms with E-state index in [9.17, 15) is 0 Å². The van der Waals surface area contributed by atoms with Crippen LogP contribution in [0.1, 0.15) is 18.7 Å². The molecule has 0 radical (unpaired) electrons. The van der Waals surface area contributed by atoms with Gasteiger partial charge in [-0.05, 0) is 37.3 Å². The molecule has 0 saturated heterocycles. The van der Waals surface area contributed by atoms with Crippen LogP contribution in [-0.4, -0.2) is 0 Å². The zero-order valence-electron chi connectivity index (χ0n) is 8.41. The molecule has 0 aliphatic rings. The summed E-state index contributed by atoms with van der Waals surface area (Å²) in [4.78, 5) is 0. The average molecular weight is 266 g/mol. The molecule has 3 heteroatoms. The second-order valence-electron chi connectivity index (χ2n) is 3.39. The summed E-state index contributed by atoms with van der Waals surface area (Å²) in [6.07, 6.45) is 1.69. The Morgan fingerprint density at radius 2 is 2.13 bits per heavy atom. The van der Waals surface area contributed by atoms with Gasteiger partial charge < -0.3 is 9.73 Å². The number of nitrogens with one attached hydrogen (secondary N) is 1. The summed E-state index contributed by atoms with van der Waals surface area (Å²) in [5, 5.41) is 3.36. The zero-order valence-corrected chi connectivity index (χ0v) is 9.99. The van der Waals surface area contributed by atoms with E-state index in [2.05, 4.69) is 28.2 Å². The molecule has 1 heterocycles. The summed E-state index contributed by atoms with van der Waals surface area (Å²) in [6, 6.07) is 12.1. The van der Waals surface area contributed by atoms with Crippen LogP contribution in [0.4, 0.5) is 5.69 Å². The van der Waals surface area contributed by atoms with E-state index in [0.29, 0.717) is 0 Å². The summed E-state index contributed by atoms with van der Waals surface area (Å²) < 4.78 is 6.39. The molecule has 0 bridgehead atoms. The van der Waals surface area contributed by atoms with Gasteiger partial charge in [0, 0.05) is 10.2 Å². The first kappa shape index (κ1) is 10.3. The molecule has 15 heavy (non-hydrogen) atoms. The van der Waals surface area contributed by atoms with Crippen LogP contribution in [-0.2, 0) is 0 Å². The molecule has 1 N–H and O–H groups in total. The molecular formula is C12H12BrNO. The summed E-state index contributed by atoms with van der Waals surface area (Å²) in [7, 11) is 0. The van der Waals surface area contributed by atoms with Crippen molar-refractivity contribution in [1.82, 2.24) is 0 Å². The van der Waals surface area contributed by atoms with Gasteiger partial charge in [-0.1, -0.05) is 22.0 Å². The Balaban J connectivity index is 2.09. The van der Waals surface area contributed by atoms with Gasteiger partial charge in [0.05, 0.1) is 12.3 Å². The summed E-state index contributed by atoms with van der Waals surface area (Å²) >= 11 is 3.44. The second kappa shape index (κ2) is 4.53. The Morgan fingerprint density at radius 1 is 1.27 bits per heavy atom. The van der Waals surface area contributed by atoms with Crippen LogP contribution in [0.2, 0.25) is 0 Å². The van der Waals surface area contributed by atoms with Crippen molar-refractivity contribution in [2.75, 3.05) is 5.32 Å². The van der Waals surface area contributed by atoms with Crippen molar-refractivity contribution < 1.29 is 4.42 Å². The van der Waals surface area contributed by atoms with Gasteiger partial charge in [-0.2, -0.15) is 0 Å². The fraction of sp³-hybridized carbons (Fsp3) is 0.167. The monoisotopic (exact) mass is 265 g/mol. The number of hydrogen-bond donors (Lipinski definition) is 1. The van der Waals surface area contributed by atoms with E-state index < -0.39 is 0 Å². The highest BCUT2D eigenvalue weighted by atomic mass is 79.9. The van der Waals surface area contributed by atoms with Crippen molar-refractivity contribution in [2.24, 2.45) is 0 Å². The SMILES string of the molecule is C[C@H](Nc1cccc(Br)c1)c1ccco1. The first-order valence-corrected chi connectivity index (χ1v) is 5.60. The maximum absolute atomic E-state index is 5.32. The highest BCUT2D eigenvalue weighted by Gasteiger charge is 2.07. The number of rotatable bonds is 3. The lowest BCUT2D eigenvalue weighted by Crippen LogP contribution is -2.05. The molecule has 0 saturated carbocycles. The minimum atomic E-state index is 0.175. The smallest absolute Gasteiger partial charge is 0.125 e. The Kier molecular flexibility index (Phi) is 3.11. The van der Waals surface area contributed by atoms with E-state index in [1.807, 2.05) is 36.4 Å². The molecule has 0 unspecified atom stereocenters. The Morgan fingerprint density at radius 3 is 2.80 bits per heavy atom. The Labute approximate surface area is 97.4 Å². The van der Waals surface area contributed by atoms with Crippen LogP contribution in [0, 0.1) is 0 Å². The molecule has 1 aromatic carbocycles. The number of benzene rings is 1. The number of anilines is 1. The standard InChI is InChI=1S/C12H12BrNO/c1-9(12-6-3-7-15-12)14-11-5-2-4-10(13)8-11/h2-9,14H,1H3/t9-/m0/s1. The summed E-state index contributed by atoms with van der Waals surface area (Å²) in [5.41, 5.74) is 1.08. The summed E-state index contributed by atoms with van der Waals surface area (Å²) in [5.74, 6) is 0.940. The number of hydrogen-bond acceptors (Lipinski definition) is 2. The van der Waals surface area contributed by atoms with Gasteiger partial charge in [0.25, 0.3) is 0 Å². The molecule has 0 aliphatic heterocycles. The van der Waals surface area contributed by atoms with Gasteiger partial charge in [0.1, 0.15) is 5.76 Å². The van der Waals surface area contributed by atoms with E-state index in [1.165, 1.54) is 0 Å². The van der Waals surface area contributed by atoms with Crippen LogP contribution in [0.3, 0.4) is 0 Å². The molecule has 0 spiro atoms. The van der Waals surface area contributed by atoms with Crippen molar-refractivity contribution in [3.63, 3.8) is 0 Å². The van der Waals surface area contributed by atoms with Crippen LogP contribution in [0.5, 0.6) is 0 Å². The summed E-state index contributed by atoms with van der Waals surface area (Å²) in [6.45, 7) is 2.07. The van der Waals surface area contributed by atoms with Gasteiger partial charge in [0.15, 0.2) is 0 Å². The van der Waals surface area contributed by atoms with Crippen LogP contribution >= 0.6 is 15.9 Å². The molecule has 0 amide bonds. The third-order valence-corrected chi connectivity index (χ3v) is 2.67. The van der Waals surface area contributed by atoms with Gasteiger partial charge in [-0.15, -0.1) is 0 Å². The first-order valence-electron chi connectivity index (χ1n) is 4.81. The van der Waals surface area contributed by atoms with Gasteiger partial charge in [0.2, 0.25) is 0 Å². The molecular weight excluding hydrogens is 254 g/mol. The minimum absolute atomic E-state index is 0.175. The highest BCUT2D eigenvalue weighted by Crippen LogP contribution is 2.21. The van der Waals surface area contributed by atoms with Gasteiger partial charge >= 0.3 is 0 Å².